The van der Waals surface area contributed by atoms with E-state index >= 15 is 0 Å². The fourth-order valence-electron chi connectivity index (χ4n) is 2.34. The molecule has 1 fully saturated rings. The van der Waals surface area contributed by atoms with Crippen LogP contribution in [-0.2, 0) is 0 Å². The van der Waals surface area contributed by atoms with Crippen LogP contribution in [0.25, 0.3) is 0 Å². The highest BCUT2D eigenvalue weighted by molar-refractivity contribution is 5.36. The van der Waals surface area contributed by atoms with Crippen molar-refractivity contribution in [1.82, 2.24) is 0 Å². The second-order valence-electron chi connectivity index (χ2n) is 4.48. The third-order valence-electron chi connectivity index (χ3n) is 3.34. The molecule has 0 atom stereocenters. The molecule has 1 aromatic rings. The van der Waals surface area contributed by atoms with Gasteiger partial charge in [-0.1, -0.05) is 0 Å². The van der Waals surface area contributed by atoms with Crippen LogP contribution in [0.3, 0.4) is 0 Å². The molecule has 90 valence electrons. The quantitative estimate of drug-likeness (QED) is 0.816. The van der Waals surface area contributed by atoms with E-state index in [0.29, 0.717) is 18.4 Å². The van der Waals surface area contributed by atoms with E-state index in [-0.39, 0.29) is 12.0 Å². The average Bonchev–Trinajstić information content (AvgIpc) is 2.29. The molecule has 2 rings (SSSR count). The highest BCUT2D eigenvalue weighted by Gasteiger charge is 2.22. The van der Waals surface area contributed by atoms with E-state index in [1.54, 1.807) is 0 Å². The van der Waals surface area contributed by atoms with E-state index in [0.717, 1.165) is 12.8 Å². The van der Waals surface area contributed by atoms with Crippen molar-refractivity contribution in [3.05, 3.63) is 34.9 Å². The van der Waals surface area contributed by atoms with Crippen LogP contribution in [0.2, 0.25) is 0 Å². The Morgan fingerprint density at radius 3 is 2.12 bits per heavy atom. The van der Waals surface area contributed by atoms with E-state index < -0.39 is 17.2 Å². The summed E-state index contributed by atoms with van der Waals surface area (Å²) in [6, 6.07) is 3.99. The summed E-state index contributed by atoms with van der Waals surface area (Å²) in [5, 5.41) is 17.9. The number of nitrogens with zero attached hydrogens (tertiary/aromatic N) is 1. The maximum absolute atomic E-state index is 13.4. The molecule has 1 aromatic carbocycles. The summed E-state index contributed by atoms with van der Waals surface area (Å²) in [4.78, 5) is 0. The first-order chi connectivity index (χ1) is 8.11. The van der Waals surface area contributed by atoms with Crippen LogP contribution in [0.15, 0.2) is 12.1 Å². The Morgan fingerprint density at radius 2 is 1.65 bits per heavy atom. The van der Waals surface area contributed by atoms with Crippen LogP contribution < -0.4 is 0 Å². The number of aliphatic hydroxyl groups excluding tert-OH is 1. The zero-order valence-electron chi connectivity index (χ0n) is 9.29. The molecule has 0 aromatic heterocycles. The Morgan fingerprint density at radius 1 is 1.12 bits per heavy atom. The lowest BCUT2D eigenvalue weighted by molar-refractivity contribution is 0.122. The predicted octanol–water partition coefficient (Wildman–Crippen LogP) is 2.85. The Kier molecular flexibility index (Phi) is 3.39. The average molecular weight is 237 g/mol. The van der Waals surface area contributed by atoms with Crippen LogP contribution in [0.4, 0.5) is 8.78 Å². The van der Waals surface area contributed by atoms with Gasteiger partial charge in [0.25, 0.3) is 0 Å². The van der Waals surface area contributed by atoms with Crippen LogP contribution in [0.1, 0.15) is 42.7 Å². The fraction of sp³-hybridized carbons (Fsp3) is 0.462. The van der Waals surface area contributed by atoms with Crippen LogP contribution in [0.5, 0.6) is 0 Å². The molecule has 1 N–H and O–H groups in total. The fourth-order valence-corrected chi connectivity index (χ4v) is 2.34. The van der Waals surface area contributed by atoms with E-state index in [1.807, 2.05) is 0 Å². The van der Waals surface area contributed by atoms with Crippen molar-refractivity contribution < 1.29 is 13.9 Å². The van der Waals surface area contributed by atoms with E-state index in [2.05, 4.69) is 0 Å². The Balaban J connectivity index is 2.26. The third kappa shape index (κ3) is 2.45. The number of hydrogen-bond acceptors (Lipinski definition) is 2. The summed E-state index contributed by atoms with van der Waals surface area (Å²) in [6.45, 7) is 0. The van der Waals surface area contributed by atoms with Gasteiger partial charge in [-0.25, -0.2) is 8.78 Å². The van der Waals surface area contributed by atoms with Crippen molar-refractivity contribution >= 4 is 0 Å². The summed E-state index contributed by atoms with van der Waals surface area (Å²) in [6.07, 6.45) is 2.49. The third-order valence-corrected chi connectivity index (χ3v) is 3.34. The van der Waals surface area contributed by atoms with Gasteiger partial charge in [0.1, 0.15) is 23.3 Å². The lowest BCUT2D eigenvalue weighted by Crippen LogP contribution is -2.17. The molecule has 0 spiro atoms. The normalized spacial score (nSPS) is 24.4. The molecule has 2 nitrogen and oxygen atoms in total. The molecule has 0 unspecified atom stereocenters. The van der Waals surface area contributed by atoms with E-state index in [1.165, 1.54) is 18.2 Å². The van der Waals surface area contributed by atoms with Crippen molar-refractivity contribution in [2.45, 2.75) is 37.7 Å². The van der Waals surface area contributed by atoms with Crippen molar-refractivity contribution in [3.63, 3.8) is 0 Å². The number of benzene rings is 1. The molecular weight excluding hydrogens is 224 g/mol. The largest absolute Gasteiger partial charge is 0.393 e. The summed E-state index contributed by atoms with van der Waals surface area (Å²) in [7, 11) is 0. The number of hydrogen-bond donors (Lipinski definition) is 1. The standard InChI is InChI=1S/C13H13F2NO/c14-12-5-9(6-13(15)11(12)7-16)8-1-3-10(17)4-2-8/h5-6,8,10,17H,1-4H2/t8-,10-. The van der Waals surface area contributed by atoms with Crippen molar-refractivity contribution in [1.29, 1.82) is 5.26 Å². The Hall–Kier alpha value is -1.47. The summed E-state index contributed by atoms with van der Waals surface area (Å²) in [5.74, 6) is -1.52. The highest BCUT2D eigenvalue weighted by Crippen LogP contribution is 2.34. The number of halogens is 2. The maximum Gasteiger partial charge on any atom is 0.144 e. The molecular formula is C13H13F2NO. The molecule has 0 bridgehead atoms. The first-order valence-corrected chi connectivity index (χ1v) is 5.69. The molecule has 0 amide bonds. The SMILES string of the molecule is N#Cc1c(F)cc([C@H]2CC[C@H](O)CC2)cc1F. The van der Waals surface area contributed by atoms with Crippen LogP contribution in [0, 0.1) is 23.0 Å². The van der Waals surface area contributed by atoms with Gasteiger partial charge in [-0.2, -0.15) is 5.26 Å². The van der Waals surface area contributed by atoms with Gasteiger partial charge in [0, 0.05) is 0 Å². The van der Waals surface area contributed by atoms with Gasteiger partial charge in [0.2, 0.25) is 0 Å². The number of rotatable bonds is 1. The predicted molar refractivity (Wildman–Crippen MR) is 58.3 cm³/mol. The van der Waals surface area contributed by atoms with Crippen LogP contribution >= 0.6 is 0 Å². The molecule has 0 saturated heterocycles. The van der Waals surface area contributed by atoms with Gasteiger partial charge in [-0.05, 0) is 49.3 Å². The van der Waals surface area contributed by atoms with Gasteiger partial charge in [-0.3, -0.25) is 0 Å². The molecule has 17 heavy (non-hydrogen) atoms. The first kappa shape index (κ1) is 12.0. The van der Waals surface area contributed by atoms with Crippen LogP contribution in [-0.4, -0.2) is 11.2 Å². The molecule has 0 radical (unpaired) electrons. The van der Waals surface area contributed by atoms with Crippen molar-refractivity contribution in [2.75, 3.05) is 0 Å². The second kappa shape index (κ2) is 4.80. The molecule has 1 aliphatic rings. The lowest BCUT2D eigenvalue weighted by Gasteiger charge is -2.25. The molecule has 1 aliphatic carbocycles. The molecule has 4 heteroatoms. The maximum atomic E-state index is 13.4. The lowest BCUT2D eigenvalue weighted by atomic mass is 9.82. The zero-order chi connectivity index (χ0) is 12.4. The van der Waals surface area contributed by atoms with Gasteiger partial charge in [0.15, 0.2) is 0 Å². The Labute approximate surface area is 98.5 Å². The van der Waals surface area contributed by atoms with E-state index in [9.17, 15) is 13.9 Å². The minimum Gasteiger partial charge on any atom is -0.393 e. The minimum atomic E-state index is -0.798. The number of aliphatic hydroxyl groups is 1. The monoisotopic (exact) mass is 237 g/mol. The minimum absolute atomic E-state index is 0.0788. The smallest absolute Gasteiger partial charge is 0.144 e. The summed E-state index contributed by atoms with van der Waals surface area (Å²) in [5.41, 5.74) is 0.0653. The Bertz CT molecular complexity index is 436. The first-order valence-electron chi connectivity index (χ1n) is 5.69. The molecule has 1 saturated carbocycles. The zero-order valence-corrected chi connectivity index (χ0v) is 9.29. The second-order valence-corrected chi connectivity index (χ2v) is 4.48. The summed E-state index contributed by atoms with van der Waals surface area (Å²) < 4.78 is 26.9. The molecule has 0 heterocycles. The van der Waals surface area contributed by atoms with E-state index in [4.69, 9.17) is 5.26 Å². The van der Waals surface area contributed by atoms with Crippen molar-refractivity contribution in [3.8, 4) is 6.07 Å². The molecule has 0 aliphatic heterocycles. The van der Waals surface area contributed by atoms with Gasteiger partial charge < -0.3 is 5.11 Å². The summed E-state index contributed by atoms with van der Waals surface area (Å²) >= 11 is 0. The van der Waals surface area contributed by atoms with Crippen molar-refractivity contribution in [2.24, 2.45) is 0 Å². The highest BCUT2D eigenvalue weighted by atomic mass is 19.1. The topological polar surface area (TPSA) is 44.0 Å². The van der Waals surface area contributed by atoms with Gasteiger partial charge in [0.05, 0.1) is 6.10 Å². The number of nitriles is 1. The van der Waals surface area contributed by atoms with Gasteiger partial charge in [-0.15, -0.1) is 0 Å². The van der Waals surface area contributed by atoms with Gasteiger partial charge >= 0.3 is 0 Å².